The molecule has 0 aliphatic rings. The van der Waals surface area contributed by atoms with Crippen molar-refractivity contribution < 1.29 is 34.2 Å². The van der Waals surface area contributed by atoms with Crippen molar-refractivity contribution in [2.45, 2.75) is 49.9 Å². The Bertz CT molecular complexity index is 1440. The predicted octanol–water partition coefficient (Wildman–Crippen LogP) is 0.154. The van der Waals surface area contributed by atoms with Gasteiger partial charge in [0, 0.05) is 23.5 Å². The van der Waals surface area contributed by atoms with E-state index in [0.717, 1.165) is 10.9 Å². The van der Waals surface area contributed by atoms with E-state index in [0.29, 0.717) is 16.9 Å². The van der Waals surface area contributed by atoms with E-state index in [9.17, 15) is 34.2 Å². The number of aromatic nitrogens is 1. The van der Waals surface area contributed by atoms with Crippen LogP contribution in [0, 0.1) is 0 Å². The number of hydrogen-bond acceptors (Lipinski definition) is 8. The number of carboxylic acid groups (broad SMARTS) is 1. The molecule has 13 nitrogen and oxygen atoms in total. The molecule has 10 N–H and O–H groups in total. The maximum absolute atomic E-state index is 13.3. The number of H-pyrrole nitrogens is 1. The minimum Gasteiger partial charge on any atom is -0.508 e. The Kier molecular flexibility index (Phi) is 12.0. The Hall–Kier alpha value is -4.56. The normalized spacial score (nSPS) is 13.8. The molecule has 43 heavy (non-hydrogen) atoms. The van der Waals surface area contributed by atoms with Crippen LogP contribution in [0.3, 0.4) is 0 Å². The maximum atomic E-state index is 13.3. The lowest BCUT2D eigenvalue weighted by atomic mass is 10.0. The number of aromatic hydroxyl groups is 1. The topological polar surface area (TPSA) is 230 Å². The lowest BCUT2D eigenvalue weighted by molar-refractivity contribution is -0.142. The molecule has 4 unspecified atom stereocenters. The van der Waals surface area contributed by atoms with Gasteiger partial charge in [-0.15, -0.1) is 0 Å². The fourth-order valence-corrected chi connectivity index (χ4v) is 4.91. The van der Waals surface area contributed by atoms with E-state index in [4.69, 9.17) is 11.5 Å². The first-order valence-corrected chi connectivity index (χ1v) is 14.9. The molecule has 2 aromatic carbocycles. The van der Waals surface area contributed by atoms with Crippen molar-refractivity contribution in [2.75, 3.05) is 12.0 Å². The SMILES string of the molecule is CSCCC(NC(=O)C(CC(N)=O)NC(=O)C(N)Cc1ccc(O)cc1)C(=O)NC(Cc1c[nH]c2ccccc12)C(=O)O. The van der Waals surface area contributed by atoms with E-state index in [-0.39, 0.29) is 25.0 Å². The number of carboxylic acids is 1. The van der Waals surface area contributed by atoms with Crippen molar-refractivity contribution in [2.24, 2.45) is 11.5 Å². The van der Waals surface area contributed by atoms with Gasteiger partial charge in [-0.2, -0.15) is 11.8 Å². The monoisotopic (exact) mass is 612 g/mol. The summed E-state index contributed by atoms with van der Waals surface area (Å²) in [6.07, 6.45) is 3.16. The predicted molar refractivity (Wildman–Crippen MR) is 162 cm³/mol. The van der Waals surface area contributed by atoms with Crippen LogP contribution in [0.4, 0.5) is 0 Å². The molecule has 14 heteroatoms. The summed E-state index contributed by atoms with van der Waals surface area (Å²) >= 11 is 1.41. The molecular formula is C29H36N6O7S. The molecule has 0 aliphatic heterocycles. The van der Waals surface area contributed by atoms with Gasteiger partial charge >= 0.3 is 5.97 Å². The molecule has 0 saturated heterocycles. The van der Waals surface area contributed by atoms with Crippen LogP contribution in [0.5, 0.6) is 5.75 Å². The average molecular weight is 613 g/mol. The van der Waals surface area contributed by atoms with E-state index in [1.165, 1.54) is 23.9 Å². The Morgan fingerprint density at radius 1 is 0.884 bits per heavy atom. The van der Waals surface area contributed by atoms with Crippen LogP contribution in [-0.2, 0) is 36.8 Å². The zero-order valence-corrected chi connectivity index (χ0v) is 24.4. The summed E-state index contributed by atoms with van der Waals surface area (Å²) in [6.45, 7) is 0. The Labute approximate surface area is 252 Å². The van der Waals surface area contributed by atoms with E-state index >= 15 is 0 Å². The lowest BCUT2D eigenvalue weighted by Crippen LogP contribution is -2.58. The summed E-state index contributed by atoms with van der Waals surface area (Å²) in [5.74, 6) is -3.95. The van der Waals surface area contributed by atoms with Crippen molar-refractivity contribution in [1.29, 1.82) is 0 Å². The zero-order valence-electron chi connectivity index (χ0n) is 23.5. The highest BCUT2D eigenvalue weighted by atomic mass is 32.2. The number of aromatic amines is 1. The van der Waals surface area contributed by atoms with E-state index in [1.807, 2.05) is 24.3 Å². The fraction of sp³-hybridized carbons (Fsp3) is 0.345. The van der Waals surface area contributed by atoms with Crippen LogP contribution in [-0.4, -0.2) is 81.0 Å². The number of carbonyl (C=O) groups excluding carboxylic acids is 4. The van der Waals surface area contributed by atoms with Crippen molar-refractivity contribution >= 4 is 52.3 Å². The highest BCUT2D eigenvalue weighted by molar-refractivity contribution is 7.98. The van der Waals surface area contributed by atoms with Gasteiger partial charge in [-0.1, -0.05) is 30.3 Å². The molecule has 0 aliphatic carbocycles. The maximum Gasteiger partial charge on any atom is 0.326 e. The standard InChI is InChI=1S/C29H36N6O7S/c1-43-11-10-22(27(39)35-24(29(41)42)13-17-15-32-21-5-3-2-4-19(17)21)33-28(40)23(14-25(31)37)34-26(38)20(30)12-16-6-8-18(36)9-7-16/h2-9,15,20,22-24,32,36H,10-14,30H2,1H3,(H2,31,37)(H,33,40)(H,34,38)(H,35,39)(H,41,42). The second-order valence-electron chi connectivity index (χ2n) is 10.0. The first-order chi connectivity index (χ1) is 20.5. The van der Waals surface area contributed by atoms with Gasteiger partial charge in [0.25, 0.3) is 0 Å². The van der Waals surface area contributed by atoms with Crippen LogP contribution in [0.25, 0.3) is 10.9 Å². The summed E-state index contributed by atoms with van der Waals surface area (Å²) in [5.41, 5.74) is 13.5. The van der Waals surface area contributed by atoms with Crippen LogP contribution in [0.15, 0.2) is 54.7 Å². The molecule has 3 rings (SSSR count). The van der Waals surface area contributed by atoms with Crippen LogP contribution in [0.2, 0.25) is 0 Å². The van der Waals surface area contributed by atoms with E-state index in [1.54, 1.807) is 24.6 Å². The molecule has 0 radical (unpaired) electrons. The number of fused-ring (bicyclic) bond motifs is 1. The Morgan fingerprint density at radius 3 is 2.16 bits per heavy atom. The smallest absolute Gasteiger partial charge is 0.326 e. The summed E-state index contributed by atoms with van der Waals surface area (Å²) in [4.78, 5) is 66.2. The van der Waals surface area contributed by atoms with E-state index in [2.05, 4.69) is 20.9 Å². The van der Waals surface area contributed by atoms with Crippen LogP contribution >= 0.6 is 11.8 Å². The number of phenolic OH excluding ortho intramolecular Hbond substituents is 1. The van der Waals surface area contributed by atoms with Gasteiger partial charge in [0.15, 0.2) is 0 Å². The third-order valence-electron chi connectivity index (χ3n) is 6.72. The second-order valence-corrected chi connectivity index (χ2v) is 11.0. The molecule has 0 saturated carbocycles. The Morgan fingerprint density at radius 2 is 1.51 bits per heavy atom. The number of thioether (sulfide) groups is 1. The second kappa shape index (κ2) is 15.6. The third kappa shape index (κ3) is 9.75. The molecule has 3 aromatic rings. The molecular weight excluding hydrogens is 576 g/mol. The molecule has 0 spiro atoms. The Balaban J connectivity index is 1.70. The van der Waals surface area contributed by atoms with Gasteiger partial charge < -0.3 is 42.6 Å². The number of carbonyl (C=O) groups is 5. The highest BCUT2D eigenvalue weighted by Crippen LogP contribution is 2.19. The number of rotatable bonds is 16. The van der Waals surface area contributed by atoms with Gasteiger partial charge in [0.1, 0.15) is 23.9 Å². The lowest BCUT2D eigenvalue weighted by Gasteiger charge is -2.25. The zero-order chi connectivity index (χ0) is 31.5. The van der Waals surface area contributed by atoms with Crippen molar-refractivity contribution in [1.82, 2.24) is 20.9 Å². The number of nitrogens with one attached hydrogen (secondary N) is 4. The minimum absolute atomic E-state index is 0.00639. The van der Waals surface area contributed by atoms with E-state index < -0.39 is 60.2 Å². The fourth-order valence-electron chi connectivity index (χ4n) is 4.44. The molecule has 4 amide bonds. The van der Waals surface area contributed by atoms with Crippen molar-refractivity contribution in [3.8, 4) is 5.75 Å². The number of phenols is 1. The third-order valence-corrected chi connectivity index (χ3v) is 7.37. The van der Waals surface area contributed by atoms with Gasteiger partial charge in [-0.3, -0.25) is 19.2 Å². The molecule has 1 aromatic heterocycles. The van der Waals surface area contributed by atoms with Gasteiger partial charge in [-0.05, 0) is 54.2 Å². The highest BCUT2D eigenvalue weighted by Gasteiger charge is 2.31. The average Bonchev–Trinajstić information content (AvgIpc) is 3.37. The van der Waals surface area contributed by atoms with Crippen LogP contribution in [0.1, 0.15) is 24.0 Å². The summed E-state index contributed by atoms with van der Waals surface area (Å²) < 4.78 is 0. The minimum atomic E-state index is -1.43. The number of primary amides is 1. The van der Waals surface area contributed by atoms with Crippen molar-refractivity contribution in [3.05, 3.63) is 65.9 Å². The number of aliphatic carboxylic acids is 1. The number of para-hydroxylation sites is 1. The van der Waals surface area contributed by atoms with Crippen molar-refractivity contribution in [3.63, 3.8) is 0 Å². The van der Waals surface area contributed by atoms with Gasteiger partial charge in [0.05, 0.1) is 12.5 Å². The first-order valence-electron chi connectivity index (χ1n) is 13.5. The number of amides is 4. The summed E-state index contributed by atoms with van der Waals surface area (Å²) in [7, 11) is 0. The van der Waals surface area contributed by atoms with Crippen LogP contribution < -0.4 is 27.4 Å². The summed E-state index contributed by atoms with van der Waals surface area (Å²) in [5, 5.41) is 27.6. The quantitative estimate of drug-likeness (QED) is 0.110. The largest absolute Gasteiger partial charge is 0.508 e. The van der Waals surface area contributed by atoms with Gasteiger partial charge in [-0.25, -0.2) is 4.79 Å². The number of nitrogens with two attached hydrogens (primary N) is 2. The summed E-state index contributed by atoms with van der Waals surface area (Å²) in [6, 6.07) is 8.45. The molecule has 0 fully saturated rings. The molecule has 0 bridgehead atoms. The molecule has 4 atom stereocenters. The number of benzene rings is 2. The molecule has 230 valence electrons. The number of hydrogen-bond donors (Lipinski definition) is 8. The van der Waals surface area contributed by atoms with Gasteiger partial charge in [0.2, 0.25) is 23.6 Å². The first kappa shape index (κ1) is 32.9. The molecule has 1 heterocycles.